The van der Waals surface area contributed by atoms with E-state index in [9.17, 15) is 15.0 Å². The molecular formula is C24H32NO6-. The Labute approximate surface area is 183 Å². The third-order valence-corrected chi connectivity index (χ3v) is 5.40. The monoisotopic (exact) mass is 430 g/mol. The summed E-state index contributed by atoms with van der Waals surface area (Å²) in [6, 6.07) is 3.90. The van der Waals surface area contributed by atoms with Crippen LogP contribution in [0.25, 0.3) is 6.08 Å². The lowest BCUT2D eigenvalue weighted by atomic mass is 9.79. The predicted octanol–water partition coefficient (Wildman–Crippen LogP) is 4.12. The number of nitrogens with zero attached hydrogens (tertiary/aromatic N) is 1. The fraction of sp³-hybridized carbons (Fsp3) is 0.458. The molecule has 0 aromatic heterocycles. The van der Waals surface area contributed by atoms with E-state index >= 15 is 0 Å². The molecular weight excluding hydrogens is 398 g/mol. The van der Waals surface area contributed by atoms with Crippen LogP contribution in [0.1, 0.15) is 58.4 Å². The predicted molar refractivity (Wildman–Crippen MR) is 117 cm³/mol. The molecule has 2 unspecified atom stereocenters. The zero-order valence-corrected chi connectivity index (χ0v) is 18.4. The molecule has 2 atom stereocenters. The van der Waals surface area contributed by atoms with Crippen molar-refractivity contribution in [2.75, 3.05) is 5.23 Å². The number of benzene rings is 1. The van der Waals surface area contributed by atoms with Crippen molar-refractivity contribution in [1.82, 2.24) is 0 Å². The number of aliphatic hydroxyl groups excluding tert-OH is 1. The fourth-order valence-electron chi connectivity index (χ4n) is 3.80. The molecule has 3 N–H and O–H groups in total. The van der Waals surface area contributed by atoms with Gasteiger partial charge in [-0.25, -0.2) is 4.79 Å². The van der Waals surface area contributed by atoms with Gasteiger partial charge < -0.3 is 14.9 Å². The molecule has 170 valence electrons. The maximum atomic E-state index is 12.5. The van der Waals surface area contributed by atoms with Crippen LogP contribution in [0.5, 0.6) is 5.75 Å². The molecule has 0 spiro atoms. The van der Waals surface area contributed by atoms with E-state index in [0.717, 1.165) is 24.0 Å². The first-order valence-corrected chi connectivity index (χ1v) is 10.4. The minimum absolute atomic E-state index is 0.249. The summed E-state index contributed by atoms with van der Waals surface area (Å²) in [4.78, 5) is 12.5. The standard InChI is InChI=1S/C24H33NO6/c1-16-6-5-7-17(2)22(27)15-24(3,4)14-19(12-16)31-23(28)11-9-18-8-10-21(26)20(13-18)25(29)30/h6,8-11,13,19,22,26-27,29-30H,2,5,7,12,14-15H2,1,3-4H3/p-1. The van der Waals surface area contributed by atoms with Gasteiger partial charge in [-0.1, -0.05) is 50.0 Å². The molecule has 0 saturated carbocycles. The Kier molecular flexibility index (Phi) is 8.44. The van der Waals surface area contributed by atoms with Gasteiger partial charge in [0.2, 0.25) is 0 Å². The Morgan fingerprint density at radius 3 is 2.71 bits per heavy atom. The summed E-state index contributed by atoms with van der Waals surface area (Å²) in [6.07, 6.45) is 7.08. The van der Waals surface area contributed by atoms with Crippen LogP contribution in [0.2, 0.25) is 0 Å². The van der Waals surface area contributed by atoms with Gasteiger partial charge in [0.05, 0.1) is 11.8 Å². The van der Waals surface area contributed by atoms with Crippen molar-refractivity contribution in [3.63, 3.8) is 0 Å². The van der Waals surface area contributed by atoms with Crippen molar-refractivity contribution in [2.45, 2.75) is 65.1 Å². The van der Waals surface area contributed by atoms with E-state index in [1.165, 1.54) is 30.4 Å². The van der Waals surface area contributed by atoms with Gasteiger partial charge in [0.1, 0.15) is 6.10 Å². The Bertz CT molecular complexity index is 856. The van der Waals surface area contributed by atoms with Crippen molar-refractivity contribution in [3.8, 4) is 5.75 Å². The molecule has 31 heavy (non-hydrogen) atoms. The van der Waals surface area contributed by atoms with E-state index < -0.39 is 17.8 Å². The van der Waals surface area contributed by atoms with Crippen molar-refractivity contribution in [2.24, 2.45) is 5.41 Å². The normalized spacial score (nSPS) is 22.5. The van der Waals surface area contributed by atoms with Gasteiger partial charge in [-0.15, -0.1) is 5.23 Å². The average Bonchev–Trinajstić information content (AvgIpc) is 2.66. The molecule has 0 fully saturated rings. The summed E-state index contributed by atoms with van der Waals surface area (Å²) < 4.78 is 5.71. The Morgan fingerprint density at radius 2 is 2.03 bits per heavy atom. The molecule has 7 heteroatoms. The molecule has 0 amide bonds. The van der Waals surface area contributed by atoms with E-state index in [1.54, 1.807) is 0 Å². The van der Waals surface area contributed by atoms with Crippen molar-refractivity contribution < 1.29 is 30.2 Å². The zero-order chi connectivity index (χ0) is 23.2. The van der Waals surface area contributed by atoms with Gasteiger partial charge in [0.15, 0.2) is 0 Å². The lowest BCUT2D eigenvalue weighted by molar-refractivity contribution is -0.268. The van der Waals surface area contributed by atoms with Crippen LogP contribution in [0.4, 0.5) is 5.69 Å². The van der Waals surface area contributed by atoms with Gasteiger partial charge in [0, 0.05) is 12.5 Å². The van der Waals surface area contributed by atoms with E-state index in [2.05, 4.69) is 12.7 Å². The van der Waals surface area contributed by atoms with Gasteiger partial charge in [-0.05, 0) is 61.3 Å². The maximum absolute atomic E-state index is 12.5. The number of ether oxygens (including phenoxy) is 1. The zero-order valence-electron chi connectivity index (χ0n) is 18.4. The van der Waals surface area contributed by atoms with Crippen LogP contribution in [-0.4, -0.2) is 33.7 Å². The van der Waals surface area contributed by atoms with Crippen molar-refractivity contribution in [1.29, 1.82) is 0 Å². The third kappa shape index (κ3) is 7.86. The molecule has 0 aliphatic heterocycles. The number of hydrogen-bond donors (Lipinski definition) is 3. The molecule has 0 saturated heterocycles. The minimum atomic E-state index is -0.589. The number of allylic oxidation sites excluding steroid dienone is 1. The lowest BCUT2D eigenvalue weighted by Crippen LogP contribution is -2.29. The summed E-state index contributed by atoms with van der Waals surface area (Å²) >= 11 is 0. The number of rotatable bonds is 4. The smallest absolute Gasteiger partial charge is 0.331 e. The number of aliphatic hydroxyl groups is 1. The molecule has 0 bridgehead atoms. The van der Waals surface area contributed by atoms with E-state index in [0.29, 0.717) is 24.8 Å². The van der Waals surface area contributed by atoms with E-state index in [4.69, 9.17) is 15.2 Å². The van der Waals surface area contributed by atoms with E-state index in [1.807, 2.05) is 20.8 Å². The largest absolute Gasteiger partial charge is 0.871 e. The Balaban J connectivity index is 2.13. The highest BCUT2D eigenvalue weighted by atomic mass is 16.8. The van der Waals surface area contributed by atoms with Crippen molar-refractivity contribution >= 4 is 17.7 Å². The number of esters is 1. The Hall–Kier alpha value is -2.61. The number of anilines is 1. The first-order chi connectivity index (χ1) is 14.5. The molecule has 1 aromatic rings. The van der Waals surface area contributed by atoms with Crippen LogP contribution in [0.3, 0.4) is 0 Å². The molecule has 2 rings (SSSR count). The second kappa shape index (κ2) is 10.6. The van der Waals surface area contributed by atoms with Gasteiger partial charge in [0.25, 0.3) is 0 Å². The second-order valence-electron chi connectivity index (χ2n) is 8.95. The van der Waals surface area contributed by atoms with Crippen LogP contribution in [-0.2, 0) is 9.53 Å². The van der Waals surface area contributed by atoms with E-state index in [-0.39, 0.29) is 22.4 Å². The minimum Gasteiger partial charge on any atom is -0.871 e. The van der Waals surface area contributed by atoms with Gasteiger partial charge in [-0.2, -0.15) is 0 Å². The van der Waals surface area contributed by atoms with Crippen LogP contribution < -0.4 is 10.3 Å². The summed E-state index contributed by atoms with van der Waals surface area (Å²) in [5.74, 6) is -1.09. The van der Waals surface area contributed by atoms with Crippen molar-refractivity contribution in [3.05, 3.63) is 53.6 Å². The third-order valence-electron chi connectivity index (χ3n) is 5.40. The molecule has 1 aliphatic rings. The number of hydrogen-bond acceptors (Lipinski definition) is 7. The van der Waals surface area contributed by atoms with Gasteiger partial charge >= 0.3 is 5.97 Å². The SMILES string of the molecule is C=C1CCC=C(C)CC(OC(=O)C=Cc2ccc([O-])c(N(O)O)c2)CC(C)(C)CC1O. The molecule has 7 nitrogen and oxygen atoms in total. The highest BCUT2D eigenvalue weighted by Crippen LogP contribution is 2.34. The van der Waals surface area contributed by atoms with Crippen LogP contribution >= 0.6 is 0 Å². The highest BCUT2D eigenvalue weighted by molar-refractivity contribution is 5.87. The summed E-state index contributed by atoms with van der Waals surface area (Å²) in [5.41, 5.74) is 1.81. The average molecular weight is 431 g/mol. The quantitative estimate of drug-likeness (QED) is 0.285. The molecule has 1 aliphatic carbocycles. The summed E-state index contributed by atoms with van der Waals surface area (Å²) in [6.45, 7) is 10.1. The molecule has 1 aromatic carbocycles. The lowest BCUT2D eigenvalue weighted by Gasteiger charge is -2.31. The summed E-state index contributed by atoms with van der Waals surface area (Å²) in [5, 5.41) is 40.0. The molecule has 0 heterocycles. The Morgan fingerprint density at radius 1 is 1.32 bits per heavy atom. The summed E-state index contributed by atoms with van der Waals surface area (Å²) in [7, 11) is 0. The number of carbonyl (C=O) groups is 1. The maximum Gasteiger partial charge on any atom is 0.331 e. The first-order valence-electron chi connectivity index (χ1n) is 10.4. The van der Waals surface area contributed by atoms with Crippen LogP contribution in [0, 0.1) is 5.41 Å². The fourth-order valence-corrected chi connectivity index (χ4v) is 3.80. The topological polar surface area (TPSA) is 113 Å². The van der Waals surface area contributed by atoms with Crippen LogP contribution in [0.15, 0.2) is 48.1 Å². The number of carbonyl (C=O) groups excluding carboxylic acids is 1. The van der Waals surface area contributed by atoms with Gasteiger partial charge in [-0.3, -0.25) is 10.4 Å². The second-order valence-corrected chi connectivity index (χ2v) is 8.95. The highest BCUT2D eigenvalue weighted by Gasteiger charge is 2.29. The first kappa shape index (κ1) is 24.7. The molecule has 0 radical (unpaired) electrons.